The van der Waals surface area contributed by atoms with E-state index in [-0.39, 0.29) is 11.7 Å². The van der Waals surface area contributed by atoms with Crippen LogP contribution < -0.4 is 4.90 Å². The first-order valence-corrected chi connectivity index (χ1v) is 10.1. The number of carbonyl (C=O) groups is 1. The van der Waals surface area contributed by atoms with Crippen LogP contribution in [0.25, 0.3) is 10.9 Å². The molecule has 0 atom stereocenters. The molecule has 1 saturated heterocycles. The third-order valence-electron chi connectivity index (χ3n) is 5.55. The monoisotopic (exact) mass is 377 g/mol. The maximum Gasteiger partial charge on any atom is 0.256 e. The van der Waals surface area contributed by atoms with Gasteiger partial charge in [-0.2, -0.15) is 0 Å². The zero-order valence-corrected chi connectivity index (χ0v) is 16.3. The number of para-hydroxylation sites is 1. The number of anilines is 1. The number of aromatic nitrogens is 1. The molecular formula is C23H27N3O2. The number of unbranched alkanes of at least 4 members (excludes halogenated alkanes) is 1. The smallest absolute Gasteiger partial charge is 0.256 e. The Morgan fingerprint density at radius 3 is 2.43 bits per heavy atom. The number of fused-ring (bicyclic) bond motifs is 1. The second-order valence-corrected chi connectivity index (χ2v) is 7.40. The lowest BCUT2D eigenvalue weighted by molar-refractivity contribution is 0.0748. The summed E-state index contributed by atoms with van der Waals surface area (Å²) in [4.78, 5) is 17.5. The van der Waals surface area contributed by atoms with Gasteiger partial charge in [-0.3, -0.25) is 4.79 Å². The maximum absolute atomic E-state index is 13.2. The van der Waals surface area contributed by atoms with Crippen LogP contribution in [0.4, 0.5) is 5.69 Å². The summed E-state index contributed by atoms with van der Waals surface area (Å²) in [6.45, 7) is 6.13. The van der Waals surface area contributed by atoms with Crippen LogP contribution in [0.5, 0.6) is 5.75 Å². The molecule has 1 aliphatic heterocycles. The summed E-state index contributed by atoms with van der Waals surface area (Å²) < 4.78 is 2.22. The highest BCUT2D eigenvalue weighted by Crippen LogP contribution is 2.25. The van der Waals surface area contributed by atoms with E-state index in [9.17, 15) is 9.90 Å². The number of phenolic OH excluding ortho intramolecular Hbond substituents is 1. The summed E-state index contributed by atoms with van der Waals surface area (Å²) in [6, 6.07) is 15.5. The molecule has 0 saturated carbocycles. The molecule has 1 aromatic heterocycles. The van der Waals surface area contributed by atoms with Crippen LogP contribution in [0, 0.1) is 0 Å². The van der Waals surface area contributed by atoms with Gasteiger partial charge >= 0.3 is 0 Å². The van der Waals surface area contributed by atoms with Crippen molar-refractivity contribution >= 4 is 22.5 Å². The Morgan fingerprint density at radius 2 is 1.71 bits per heavy atom. The number of aryl methyl sites for hydroxylation is 1. The van der Waals surface area contributed by atoms with Crippen LogP contribution in [0.2, 0.25) is 0 Å². The lowest BCUT2D eigenvalue weighted by atomic mass is 10.1. The van der Waals surface area contributed by atoms with Gasteiger partial charge in [0.2, 0.25) is 0 Å². The molecule has 2 heterocycles. The second-order valence-electron chi connectivity index (χ2n) is 7.40. The number of benzene rings is 2. The van der Waals surface area contributed by atoms with Gasteiger partial charge in [0.1, 0.15) is 5.75 Å². The number of rotatable bonds is 5. The van der Waals surface area contributed by atoms with Crippen LogP contribution in [-0.2, 0) is 6.54 Å². The third-order valence-corrected chi connectivity index (χ3v) is 5.55. The lowest BCUT2D eigenvalue weighted by Crippen LogP contribution is -2.48. The van der Waals surface area contributed by atoms with Gasteiger partial charge in [-0.05, 0) is 36.8 Å². The number of hydrogen-bond acceptors (Lipinski definition) is 3. The molecule has 0 bridgehead atoms. The Balaban J connectivity index is 1.50. The van der Waals surface area contributed by atoms with Gasteiger partial charge in [0.25, 0.3) is 5.91 Å². The zero-order chi connectivity index (χ0) is 19.5. The molecule has 146 valence electrons. The predicted octanol–water partition coefficient (Wildman–Crippen LogP) is 4.11. The molecule has 5 nitrogen and oxygen atoms in total. The van der Waals surface area contributed by atoms with E-state index in [2.05, 4.69) is 28.5 Å². The number of nitrogens with zero attached hydrogens (tertiary/aromatic N) is 3. The third kappa shape index (κ3) is 3.57. The average Bonchev–Trinajstić information content (AvgIpc) is 3.11. The first kappa shape index (κ1) is 18.4. The number of aromatic hydroxyl groups is 1. The number of amides is 1. The van der Waals surface area contributed by atoms with Crippen molar-refractivity contribution in [1.82, 2.24) is 9.47 Å². The van der Waals surface area contributed by atoms with Crippen molar-refractivity contribution < 1.29 is 9.90 Å². The topological polar surface area (TPSA) is 48.7 Å². The summed E-state index contributed by atoms with van der Waals surface area (Å²) in [5.41, 5.74) is 3.04. The predicted molar refractivity (Wildman–Crippen MR) is 113 cm³/mol. The molecule has 5 heteroatoms. The molecule has 0 spiro atoms. The molecule has 0 radical (unpaired) electrons. The molecule has 28 heavy (non-hydrogen) atoms. The summed E-state index contributed by atoms with van der Waals surface area (Å²) in [7, 11) is 0. The molecule has 0 aliphatic carbocycles. The van der Waals surface area contributed by atoms with Crippen molar-refractivity contribution in [2.75, 3.05) is 31.1 Å². The van der Waals surface area contributed by atoms with E-state index in [0.29, 0.717) is 13.1 Å². The van der Waals surface area contributed by atoms with Gasteiger partial charge < -0.3 is 19.5 Å². The highest BCUT2D eigenvalue weighted by atomic mass is 16.3. The summed E-state index contributed by atoms with van der Waals surface area (Å²) in [5, 5.41) is 10.5. The van der Waals surface area contributed by atoms with E-state index in [0.717, 1.165) is 54.6 Å². The Bertz CT molecular complexity index is 954. The van der Waals surface area contributed by atoms with Crippen LogP contribution in [-0.4, -0.2) is 46.7 Å². The van der Waals surface area contributed by atoms with Crippen LogP contribution >= 0.6 is 0 Å². The second kappa shape index (κ2) is 7.97. The van der Waals surface area contributed by atoms with Crippen molar-refractivity contribution in [2.24, 2.45) is 0 Å². The summed E-state index contributed by atoms with van der Waals surface area (Å²) in [6.07, 6.45) is 4.28. The molecule has 1 fully saturated rings. The normalized spacial score (nSPS) is 14.6. The average molecular weight is 377 g/mol. The largest absolute Gasteiger partial charge is 0.508 e. The van der Waals surface area contributed by atoms with Gasteiger partial charge in [0, 0.05) is 55.5 Å². The Morgan fingerprint density at radius 1 is 1.00 bits per heavy atom. The van der Waals surface area contributed by atoms with Crippen molar-refractivity contribution in [3.63, 3.8) is 0 Å². The zero-order valence-electron chi connectivity index (χ0n) is 16.3. The van der Waals surface area contributed by atoms with E-state index in [1.807, 2.05) is 35.4 Å². The van der Waals surface area contributed by atoms with Crippen LogP contribution in [0.3, 0.4) is 0 Å². The molecule has 1 aliphatic rings. The van der Waals surface area contributed by atoms with E-state index in [4.69, 9.17) is 0 Å². The molecule has 4 rings (SSSR count). The Hall–Kier alpha value is -2.95. The van der Waals surface area contributed by atoms with E-state index < -0.39 is 0 Å². The van der Waals surface area contributed by atoms with Gasteiger partial charge in [-0.25, -0.2) is 0 Å². The summed E-state index contributed by atoms with van der Waals surface area (Å²) >= 11 is 0. The fourth-order valence-electron chi connectivity index (χ4n) is 3.93. The fraction of sp³-hybridized carbons (Fsp3) is 0.348. The number of piperazine rings is 1. The van der Waals surface area contributed by atoms with Crippen LogP contribution in [0.1, 0.15) is 30.1 Å². The van der Waals surface area contributed by atoms with Gasteiger partial charge in [-0.1, -0.05) is 31.5 Å². The minimum atomic E-state index is 0.122. The first-order chi connectivity index (χ1) is 13.7. The molecule has 1 amide bonds. The Labute approximate surface area is 165 Å². The van der Waals surface area contributed by atoms with Gasteiger partial charge in [0.05, 0.1) is 5.56 Å². The quantitative estimate of drug-likeness (QED) is 0.728. The molecule has 1 N–H and O–H groups in total. The van der Waals surface area contributed by atoms with Crippen molar-refractivity contribution in [2.45, 2.75) is 26.3 Å². The molecular weight excluding hydrogens is 350 g/mol. The SMILES string of the molecule is CCCCn1cc(C(=O)N2CCN(c3ccc(O)cc3)CC2)c2ccccc21. The van der Waals surface area contributed by atoms with Crippen molar-refractivity contribution in [1.29, 1.82) is 0 Å². The maximum atomic E-state index is 13.2. The molecule has 3 aromatic rings. The van der Waals surface area contributed by atoms with Gasteiger partial charge in [-0.15, -0.1) is 0 Å². The fourth-order valence-corrected chi connectivity index (χ4v) is 3.93. The minimum absolute atomic E-state index is 0.122. The number of phenols is 1. The molecule has 2 aromatic carbocycles. The number of hydrogen-bond donors (Lipinski definition) is 1. The van der Waals surface area contributed by atoms with E-state index in [1.54, 1.807) is 12.1 Å². The minimum Gasteiger partial charge on any atom is -0.508 e. The summed E-state index contributed by atoms with van der Waals surface area (Å²) in [5.74, 6) is 0.397. The lowest BCUT2D eigenvalue weighted by Gasteiger charge is -2.36. The molecule has 0 unspecified atom stereocenters. The van der Waals surface area contributed by atoms with Crippen molar-refractivity contribution in [3.8, 4) is 5.75 Å². The Kier molecular flexibility index (Phi) is 5.24. The van der Waals surface area contributed by atoms with Crippen LogP contribution in [0.15, 0.2) is 54.7 Å². The highest BCUT2D eigenvalue weighted by Gasteiger charge is 2.25. The number of carbonyl (C=O) groups excluding carboxylic acids is 1. The highest BCUT2D eigenvalue weighted by molar-refractivity contribution is 6.07. The standard InChI is InChI=1S/C23H27N3O2/c1-2-3-12-26-17-21(20-6-4-5-7-22(20)26)23(28)25-15-13-24(14-16-25)18-8-10-19(27)11-9-18/h4-11,17,27H,2-3,12-16H2,1H3. The van der Waals surface area contributed by atoms with E-state index >= 15 is 0 Å². The van der Waals surface area contributed by atoms with E-state index in [1.165, 1.54) is 0 Å². The van der Waals surface area contributed by atoms with Gasteiger partial charge in [0.15, 0.2) is 0 Å². The first-order valence-electron chi connectivity index (χ1n) is 10.1. The van der Waals surface area contributed by atoms with Crippen molar-refractivity contribution in [3.05, 3.63) is 60.3 Å².